The number of hydrogen-bond donors (Lipinski definition) is 3. The molecule has 2 radical (unpaired) electrons. The fourth-order valence-corrected chi connectivity index (χ4v) is 2.39. The molecule has 1 rings (SSSR count). The summed E-state index contributed by atoms with van der Waals surface area (Å²) in [6.07, 6.45) is -0.938. The lowest BCUT2D eigenvalue weighted by molar-refractivity contribution is -0.0465. The van der Waals surface area contributed by atoms with Crippen LogP contribution in [0, 0.1) is 0 Å². The standard InChI is InChI=1S/C6H11BO3S/c1-6(10)4(9)3(2-8)11-5(6)7/h3-5,8-10H,2H2,1H3/t3-,4-,5?,6-/m1/s1. The van der Waals surface area contributed by atoms with Gasteiger partial charge in [-0.1, -0.05) is 0 Å². The topological polar surface area (TPSA) is 60.7 Å². The van der Waals surface area contributed by atoms with Crippen LogP contribution < -0.4 is 0 Å². The van der Waals surface area contributed by atoms with Crippen LogP contribution in [0.1, 0.15) is 6.92 Å². The maximum absolute atomic E-state index is 9.53. The van der Waals surface area contributed by atoms with Crippen molar-refractivity contribution in [2.45, 2.75) is 29.0 Å². The van der Waals surface area contributed by atoms with Crippen LogP contribution in [0.15, 0.2) is 0 Å². The Bertz CT molecular complexity index is 153. The van der Waals surface area contributed by atoms with Crippen molar-refractivity contribution in [2.24, 2.45) is 0 Å². The van der Waals surface area contributed by atoms with E-state index < -0.39 is 16.9 Å². The van der Waals surface area contributed by atoms with Gasteiger partial charge < -0.3 is 15.3 Å². The molecule has 0 bridgehead atoms. The molecular formula is C6H11BO3S. The molecule has 1 aliphatic heterocycles. The van der Waals surface area contributed by atoms with E-state index in [0.29, 0.717) is 0 Å². The van der Waals surface area contributed by atoms with Gasteiger partial charge >= 0.3 is 0 Å². The van der Waals surface area contributed by atoms with E-state index in [1.54, 1.807) is 0 Å². The molecule has 0 aromatic rings. The van der Waals surface area contributed by atoms with Gasteiger partial charge in [0.05, 0.1) is 31.4 Å². The summed E-state index contributed by atoms with van der Waals surface area (Å²) in [6, 6.07) is 0. The van der Waals surface area contributed by atoms with Crippen molar-refractivity contribution in [3.05, 3.63) is 0 Å². The predicted octanol–water partition coefficient (Wildman–Crippen LogP) is -1.30. The van der Waals surface area contributed by atoms with E-state index >= 15 is 0 Å². The highest BCUT2D eigenvalue weighted by atomic mass is 32.2. The van der Waals surface area contributed by atoms with Gasteiger partial charge in [-0.2, -0.15) is 11.8 Å². The third-order valence-corrected chi connectivity index (χ3v) is 3.56. The SMILES string of the molecule is [B]C1S[C@H](CO)[C@@H](O)[C@@]1(C)O. The molecule has 3 N–H and O–H groups in total. The van der Waals surface area contributed by atoms with Crippen LogP contribution in [0.2, 0.25) is 0 Å². The van der Waals surface area contributed by atoms with Gasteiger partial charge in [-0.3, -0.25) is 0 Å². The average molecular weight is 174 g/mol. The van der Waals surface area contributed by atoms with Crippen molar-refractivity contribution in [1.29, 1.82) is 0 Å². The van der Waals surface area contributed by atoms with Crippen LogP contribution in [0.5, 0.6) is 0 Å². The van der Waals surface area contributed by atoms with Crippen LogP contribution in [0.4, 0.5) is 0 Å². The number of rotatable bonds is 1. The third-order valence-electron chi connectivity index (χ3n) is 2.03. The summed E-state index contributed by atoms with van der Waals surface area (Å²) in [7, 11) is 5.51. The quantitative estimate of drug-likeness (QED) is 0.432. The van der Waals surface area contributed by atoms with Gasteiger partial charge in [0.2, 0.25) is 0 Å². The minimum atomic E-state index is -1.28. The van der Waals surface area contributed by atoms with Crippen molar-refractivity contribution in [1.82, 2.24) is 0 Å². The summed E-state index contributed by atoms with van der Waals surface area (Å²) >= 11 is 1.21. The molecule has 5 heteroatoms. The second kappa shape index (κ2) is 2.97. The molecule has 1 heterocycles. The van der Waals surface area contributed by atoms with Gasteiger partial charge in [0.15, 0.2) is 0 Å². The molecule has 0 aliphatic carbocycles. The first-order valence-corrected chi connectivity index (χ1v) is 4.36. The predicted molar refractivity (Wildman–Crippen MR) is 44.6 cm³/mol. The molecule has 0 aromatic heterocycles. The molecule has 0 saturated carbocycles. The van der Waals surface area contributed by atoms with Gasteiger partial charge in [-0.05, 0) is 12.1 Å². The van der Waals surface area contributed by atoms with E-state index in [9.17, 15) is 10.2 Å². The molecule has 62 valence electrons. The highest BCUT2D eigenvalue weighted by molar-refractivity contribution is 8.02. The monoisotopic (exact) mass is 174 g/mol. The average Bonchev–Trinajstić information content (AvgIpc) is 2.14. The summed E-state index contributed by atoms with van der Waals surface area (Å²) in [5.74, 6) is 0. The molecule has 0 aromatic carbocycles. The van der Waals surface area contributed by atoms with Crippen molar-refractivity contribution in [3.8, 4) is 0 Å². The Morgan fingerprint density at radius 2 is 2.18 bits per heavy atom. The highest BCUT2D eigenvalue weighted by Crippen LogP contribution is 2.39. The third kappa shape index (κ3) is 1.43. The molecular weight excluding hydrogens is 163 g/mol. The lowest BCUT2D eigenvalue weighted by atomic mass is 9.83. The van der Waals surface area contributed by atoms with Crippen molar-refractivity contribution in [2.75, 3.05) is 6.61 Å². The van der Waals surface area contributed by atoms with E-state index in [-0.39, 0.29) is 11.9 Å². The summed E-state index contributed by atoms with van der Waals surface area (Å²) in [5.41, 5.74) is -1.28. The number of aliphatic hydroxyl groups excluding tert-OH is 2. The minimum Gasteiger partial charge on any atom is -0.395 e. The Morgan fingerprint density at radius 3 is 2.36 bits per heavy atom. The van der Waals surface area contributed by atoms with Gasteiger partial charge in [-0.25, -0.2) is 0 Å². The summed E-state index contributed by atoms with van der Waals surface area (Å²) in [5, 5.41) is 26.8. The van der Waals surface area contributed by atoms with E-state index in [2.05, 4.69) is 0 Å². The Balaban J connectivity index is 2.71. The van der Waals surface area contributed by atoms with Gasteiger partial charge in [-0.15, -0.1) is 0 Å². The smallest absolute Gasteiger partial charge is 0.0967 e. The summed E-state index contributed by atoms with van der Waals surface area (Å²) in [4.78, 5) is 0. The molecule has 3 nitrogen and oxygen atoms in total. The first-order chi connectivity index (χ1) is 5.00. The highest BCUT2D eigenvalue weighted by Gasteiger charge is 2.48. The maximum atomic E-state index is 9.53. The zero-order chi connectivity index (χ0) is 8.65. The Kier molecular flexibility index (Phi) is 2.54. The molecule has 11 heavy (non-hydrogen) atoms. The summed E-state index contributed by atoms with van der Waals surface area (Å²) in [6.45, 7) is 1.32. The fourth-order valence-electron chi connectivity index (χ4n) is 1.09. The lowest BCUT2D eigenvalue weighted by Gasteiger charge is -2.25. The van der Waals surface area contributed by atoms with E-state index in [1.807, 2.05) is 0 Å². The maximum Gasteiger partial charge on any atom is 0.0967 e. The lowest BCUT2D eigenvalue weighted by Crippen LogP contribution is -2.45. The van der Waals surface area contributed by atoms with Crippen LogP contribution in [-0.4, -0.2) is 51.9 Å². The van der Waals surface area contributed by atoms with Crippen LogP contribution in [0.25, 0.3) is 0 Å². The second-order valence-electron chi connectivity index (χ2n) is 2.95. The Hall–Kier alpha value is 0.295. The summed E-state index contributed by atoms with van der Waals surface area (Å²) < 4.78 is 0. The molecule has 0 spiro atoms. The van der Waals surface area contributed by atoms with Crippen LogP contribution in [0.3, 0.4) is 0 Å². The zero-order valence-corrected chi connectivity index (χ0v) is 7.08. The van der Waals surface area contributed by atoms with Gasteiger partial charge in [0.1, 0.15) is 0 Å². The largest absolute Gasteiger partial charge is 0.395 e. The van der Waals surface area contributed by atoms with Crippen molar-refractivity contribution in [3.63, 3.8) is 0 Å². The van der Waals surface area contributed by atoms with E-state index in [0.717, 1.165) is 0 Å². The number of aliphatic hydroxyl groups is 3. The Labute approximate surface area is 71.2 Å². The molecule has 1 fully saturated rings. The molecule has 4 atom stereocenters. The first kappa shape index (κ1) is 9.38. The van der Waals surface area contributed by atoms with Crippen LogP contribution >= 0.6 is 11.8 Å². The number of thioether (sulfide) groups is 1. The number of hydrogen-bond acceptors (Lipinski definition) is 4. The van der Waals surface area contributed by atoms with E-state index in [4.69, 9.17) is 13.0 Å². The van der Waals surface area contributed by atoms with E-state index in [1.165, 1.54) is 18.7 Å². The first-order valence-electron chi connectivity index (χ1n) is 3.42. The Morgan fingerprint density at radius 1 is 1.64 bits per heavy atom. The van der Waals surface area contributed by atoms with Crippen molar-refractivity contribution >= 4 is 19.6 Å². The molecule has 1 saturated heterocycles. The minimum absolute atomic E-state index is 0.157. The van der Waals surface area contributed by atoms with Gasteiger partial charge in [0, 0.05) is 0 Å². The molecule has 1 unspecified atom stereocenters. The van der Waals surface area contributed by atoms with Gasteiger partial charge in [0.25, 0.3) is 0 Å². The second-order valence-corrected chi connectivity index (χ2v) is 4.33. The van der Waals surface area contributed by atoms with Crippen LogP contribution in [-0.2, 0) is 0 Å². The molecule has 0 amide bonds. The normalized spacial score (nSPS) is 51.5. The zero-order valence-electron chi connectivity index (χ0n) is 6.27. The van der Waals surface area contributed by atoms with Crippen molar-refractivity contribution < 1.29 is 15.3 Å². The fraction of sp³-hybridized carbons (Fsp3) is 1.00. The molecule has 1 aliphatic rings.